The van der Waals surface area contributed by atoms with Gasteiger partial charge in [-0.25, -0.2) is 0 Å². The van der Waals surface area contributed by atoms with Gasteiger partial charge in [0, 0.05) is 26.1 Å². The van der Waals surface area contributed by atoms with E-state index >= 15 is 0 Å². The van der Waals surface area contributed by atoms with Crippen LogP contribution in [-0.2, 0) is 11.3 Å². The van der Waals surface area contributed by atoms with E-state index in [1.165, 1.54) is 0 Å². The summed E-state index contributed by atoms with van der Waals surface area (Å²) in [6.45, 7) is 6.17. The highest BCUT2D eigenvalue weighted by Gasteiger charge is 2.19. The molecular formula is C18H23ClN4O3. The average Bonchev–Trinajstić information content (AvgIpc) is 3.30. The minimum absolute atomic E-state index is 0.205. The molecule has 0 unspecified atom stereocenters. The lowest BCUT2D eigenvalue weighted by Crippen LogP contribution is -2.30. The number of carbonyl (C=O) groups excluding carboxylic acids is 2. The van der Waals surface area contributed by atoms with Crippen LogP contribution in [0.1, 0.15) is 47.0 Å². The van der Waals surface area contributed by atoms with Crippen molar-refractivity contribution in [3.05, 3.63) is 40.1 Å². The van der Waals surface area contributed by atoms with Crippen molar-refractivity contribution in [2.75, 3.05) is 19.6 Å². The second-order valence-corrected chi connectivity index (χ2v) is 6.88. The zero-order valence-corrected chi connectivity index (χ0v) is 15.8. The lowest BCUT2D eigenvalue weighted by Gasteiger charge is -2.14. The van der Waals surface area contributed by atoms with Crippen molar-refractivity contribution in [2.24, 2.45) is 0 Å². The Morgan fingerprint density at radius 2 is 2.19 bits per heavy atom. The number of nitrogens with one attached hydrogen (secondary N) is 1. The number of nitrogens with zero attached hydrogens (tertiary/aromatic N) is 3. The Kier molecular flexibility index (Phi) is 5.66. The lowest BCUT2D eigenvalue weighted by molar-refractivity contribution is -0.127. The van der Waals surface area contributed by atoms with Crippen LogP contribution in [-0.4, -0.2) is 46.1 Å². The predicted octanol–water partition coefficient (Wildman–Crippen LogP) is 2.54. The largest absolute Gasteiger partial charge is 0.454 e. The molecule has 3 rings (SSSR count). The normalized spacial score (nSPS) is 14.3. The molecule has 1 aliphatic heterocycles. The van der Waals surface area contributed by atoms with E-state index in [4.69, 9.17) is 16.0 Å². The van der Waals surface area contributed by atoms with E-state index < -0.39 is 0 Å². The van der Waals surface area contributed by atoms with Gasteiger partial charge in [-0.1, -0.05) is 11.6 Å². The highest BCUT2D eigenvalue weighted by molar-refractivity contribution is 6.31. The minimum Gasteiger partial charge on any atom is -0.454 e. The van der Waals surface area contributed by atoms with Gasteiger partial charge in [0.1, 0.15) is 5.76 Å². The van der Waals surface area contributed by atoms with Crippen molar-refractivity contribution in [2.45, 2.75) is 39.7 Å². The van der Waals surface area contributed by atoms with Crippen LogP contribution in [0, 0.1) is 13.8 Å². The van der Waals surface area contributed by atoms with Crippen LogP contribution in [0.25, 0.3) is 0 Å². The van der Waals surface area contributed by atoms with Crippen molar-refractivity contribution in [1.29, 1.82) is 0 Å². The smallest absolute Gasteiger partial charge is 0.286 e. The van der Waals surface area contributed by atoms with Crippen LogP contribution in [0.4, 0.5) is 0 Å². The zero-order chi connectivity index (χ0) is 18.7. The maximum Gasteiger partial charge on any atom is 0.286 e. The number of hydrogen-bond acceptors (Lipinski definition) is 4. The van der Waals surface area contributed by atoms with Gasteiger partial charge in [0.2, 0.25) is 5.91 Å². The van der Waals surface area contributed by atoms with E-state index in [0.717, 1.165) is 30.8 Å². The summed E-state index contributed by atoms with van der Waals surface area (Å²) in [4.78, 5) is 25.5. The van der Waals surface area contributed by atoms with Crippen LogP contribution in [0.3, 0.4) is 0 Å². The number of aryl methyl sites for hydroxylation is 1. The fourth-order valence-electron chi connectivity index (χ4n) is 3.06. The highest BCUT2D eigenvalue weighted by atomic mass is 35.5. The lowest BCUT2D eigenvalue weighted by atomic mass is 10.3. The van der Waals surface area contributed by atoms with E-state index in [0.29, 0.717) is 36.8 Å². The van der Waals surface area contributed by atoms with Gasteiger partial charge in [0.25, 0.3) is 5.91 Å². The van der Waals surface area contributed by atoms with Crippen molar-refractivity contribution in [1.82, 2.24) is 20.0 Å². The first kappa shape index (κ1) is 18.5. The molecule has 1 N–H and O–H groups in total. The van der Waals surface area contributed by atoms with Gasteiger partial charge in [-0.05, 0) is 38.8 Å². The summed E-state index contributed by atoms with van der Waals surface area (Å²) in [5.74, 6) is 0.858. The van der Waals surface area contributed by atoms with Gasteiger partial charge in [0.15, 0.2) is 5.76 Å². The number of aromatic nitrogens is 2. The van der Waals surface area contributed by atoms with Gasteiger partial charge >= 0.3 is 0 Å². The number of amides is 2. The third kappa shape index (κ3) is 4.09. The summed E-state index contributed by atoms with van der Waals surface area (Å²) < 4.78 is 7.38. The van der Waals surface area contributed by atoms with Crippen molar-refractivity contribution in [3.63, 3.8) is 0 Å². The molecular weight excluding hydrogens is 356 g/mol. The van der Waals surface area contributed by atoms with E-state index in [2.05, 4.69) is 10.4 Å². The van der Waals surface area contributed by atoms with Crippen LogP contribution in [0.15, 0.2) is 16.5 Å². The summed E-state index contributed by atoms with van der Waals surface area (Å²) in [5.41, 5.74) is 1.63. The van der Waals surface area contributed by atoms with Crippen LogP contribution >= 0.6 is 11.6 Å². The van der Waals surface area contributed by atoms with Gasteiger partial charge in [0.05, 0.1) is 23.0 Å². The van der Waals surface area contributed by atoms with Gasteiger partial charge in [-0.3, -0.25) is 14.3 Å². The maximum atomic E-state index is 12.2. The van der Waals surface area contributed by atoms with E-state index in [9.17, 15) is 9.59 Å². The first-order chi connectivity index (χ1) is 12.5. The fourth-order valence-corrected chi connectivity index (χ4v) is 3.20. The monoisotopic (exact) mass is 378 g/mol. The quantitative estimate of drug-likeness (QED) is 0.751. The Morgan fingerprint density at radius 3 is 2.85 bits per heavy atom. The Hall–Kier alpha value is -2.28. The molecule has 0 atom stereocenters. The molecule has 26 heavy (non-hydrogen) atoms. The SMILES string of the molecule is Cc1nn(Cc2ccc(C(=O)NCCCN3CCCC3=O)o2)c(C)c1Cl. The molecule has 2 aromatic heterocycles. The van der Waals surface area contributed by atoms with Crippen molar-refractivity contribution in [3.8, 4) is 0 Å². The molecule has 0 spiro atoms. The van der Waals surface area contributed by atoms with Gasteiger partial charge < -0.3 is 14.6 Å². The molecule has 1 aliphatic rings. The number of carbonyl (C=O) groups is 2. The summed E-state index contributed by atoms with van der Waals surface area (Å²) in [6.07, 6.45) is 2.30. The zero-order valence-electron chi connectivity index (χ0n) is 15.0. The van der Waals surface area contributed by atoms with Crippen molar-refractivity contribution < 1.29 is 14.0 Å². The molecule has 0 saturated carbocycles. The van der Waals surface area contributed by atoms with Crippen molar-refractivity contribution >= 4 is 23.4 Å². The number of likely N-dealkylation sites (tertiary alicyclic amines) is 1. The van der Waals surface area contributed by atoms with E-state index in [1.54, 1.807) is 16.8 Å². The van der Waals surface area contributed by atoms with E-state index in [-0.39, 0.29) is 17.6 Å². The second kappa shape index (κ2) is 7.95. The third-order valence-electron chi connectivity index (χ3n) is 4.55. The summed E-state index contributed by atoms with van der Waals surface area (Å²) >= 11 is 6.14. The molecule has 1 saturated heterocycles. The first-order valence-corrected chi connectivity index (χ1v) is 9.17. The molecule has 1 fully saturated rings. The molecule has 7 nitrogen and oxygen atoms in total. The highest BCUT2D eigenvalue weighted by Crippen LogP contribution is 2.20. The van der Waals surface area contributed by atoms with Crippen LogP contribution < -0.4 is 5.32 Å². The number of rotatable bonds is 7. The number of hydrogen-bond donors (Lipinski definition) is 1. The maximum absolute atomic E-state index is 12.2. The summed E-state index contributed by atoms with van der Waals surface area (Å²) in [6, 6.07) is 3.42. The number of furan rings is 1. The van der Waals surface area contributed by atoms with Crippen LogP contribution in [0.5, 0.6) is 0 Å². The second-order valence-electron chi connectivity index (χ2n) is 6.50. The molecule has 140 valence electrons. The molecule has 0 bridgehead atoms. The molecule has 3 heterocycles. The predicted molar refractivity (Wildman–Crippen MR) is 97.3 cm³/mol. The molecule has 8 heteroatoms. The summed E-state index contributed by atoms with van der Waals surface area (Å²) in [7, 11) is 0. The molecule has 0 aliphatic carbocycles. The third-order valence-corrected chi connectivity index (χ3v) is 5.09. The standard InChI is InChI=1S/C18H23ClN4O3/c1-12-17(19)13(2)23(21-12)11-14-6-7-15(26-14)18(25)20-8-4-10-22-9-3-5-16(22)24/h6-7H,3-5,8-11H2,1-2H3,(H,20,25). The van der Waals surface area contributed by atoms with Crippen LogP contribution in [0.2, 0.25) is 5.02 Å². The number of halogens is 1. The first-order valence-electron chi connectivity index (χ1n) is 8.80. The van der Waals surface area contributed by atoms with E-state index in [1.807, 2.05) is 18.7 Å². The molecule has 0 radical (unpaired) electrons. The Morgan fingerprint density at radius 1 is 1.38 bits per heavy atom. The molecule has 2 aromatic rings. The minimum atomic E-state index is -0.254. The van der Waals surface area contributed by atoms with Gasteiger partial charge in [-0.2, -0.15) is 5.10 Å². The Labute approximate surface area is 157 Å². The van der Waals surface area contributed by atoms with Gasteiger partial charge in [-0.15, -0.1) is 0 Å². The molecule has 2 amide bonds. The summed E-state index contributed by atoms with van der Waals surface area (Å²) in [5, 5.41) is 7.83. The topological polar surface area (TPSA) is 80.4 Å². The Bertz CT molecular complexity index is 811. The molecule has 0 aromatic carbocycles. The Balaban J connectivity index is 1.48. The average molecular weight is 379 g/mol. The fraction of sp³-hybridized carbons (Fsp3) is 0.500.